The molecule has 0 saturated carbocycles. The van der Waals surface area contributed by atoms with E-state index in [2.05, 4.69) is 0 Å². The topological polar surface area (TPSA) is 116 Å². The molecule has 1 aliphatic rings. The van der Waals surface area contributed by atoms with Gasteiger partial charge in [-0.05, 0) is 13.0 Å². The molecule has 1 fully saturated rings. The molecule has 6 heteroatoms. The molecule has 0 unspecified atom stereocenters. The van der Waals surface area contributed by atoms with Crippen molar-refractivity contribution < 1.29 is 25.2 Å². The molecule has 6 nitrogen and oxygen atoms in total. The van der Waals surface area contributed by atoms with Gasteiger partial charge in [-0.2, -0.15) is 0 Å². The van der Waals surface area contributed by atoms with E-state index < -0.39 is 37.1 Å². The van der Waals surface area contributed by atoms with Crippen molar-refractivity contribution in [2.45, 2.75) is 36.9 Å². The second-order valence-corrected chi connectivity index (χ2v) is 3.44. The van der Waals surface area contributed by atoms with E-state index in [4.69, 9.17) is 15.6 Å². The normalized spacial score (nSPS) is 43.9. The molecular weight excluding hydrogens is 190 g/mol. The molecule has 5 atom stereocenters. The first-order valence-electron chi connectivity index (χ1n) is 4.62. The Hall–Kier alpha value is -0.240. The maximum Gasteiger partial charge on any atom is 0.111 e. The predicted molar refractivity (Wildman–Crippen MR) is 47.4 cm³/mol. The third kappa shape index (κ3) is 2.22. The van der Waals surface area contributed by atoms with Crippen LogP contribution in [0.25, 0.3) is 0 Å². The van der Waals surface area contributed by atoms with Gasteiger partial charge in [0.2, 0.25) is 0 Å². The Kier molecular flexibility index (Phi) is 4.24. The number of aliphatic hydroxyl groups is 4. The van der Waals surface area contributed by atoms with E-state index in [1.807, 2.05) is 0 Å². The molecule has 14 heavy (non-hydrogen) atoms. The molecule has 0 aromatic rings. The minimum absolute atomic E-state index is 0.308. The standard InChI is InChI=1S/C8H17NO5/c9-2-1-4-6(11)8(13)7(12)5(3-10)14-4/h4-8,10-13H,1-3,9H2/t4-,5-,6+,7-,8-/m1/s1. The minimum Gasteiger partial charge on any atom is -0.394 e. The van der Waals surface area contributed by atoms with E-state index in [0.717, 1.165) is 0 Å². The van der Waals surface area contributed by atoms with Gasteiger partial charge in [0.1, 0.15) is 24.4 Å². The molecule has 84 valence electrons. The second-order valence-electron chi connectivity index (χ2n) is 3.44. The highest BCUT2D eigenvalue weighted by Crippen LogP contribution is 2.22. The van der Waals surface area contributed by atoms with Crippen LogP contribution in [-0.4, -0.2) is 64.1 Å². The summed E-state index contributed by atoms with van der Waals surface area (Å²) in [7, 11) is 0. The van der Waals surface area contributed by atoms with Crippen LogP contribution in [0.3, 0.4) is 0 Å². The van der Waals surface area contributed by atoms with Gasteiger partial charge in [-0.15, -0.1) is 0 Å². The van der Waals surface area contributed by atoms with Crippen molar-refractivity contribution in [3.8, 4) is 0 Å². The Bertz CT molecular complexity index is 175. The number of ether oxygens (including phenoxy) is 1. The molecule has 0 radical (unpaired) electrons. The smallest absolute Gasteiger partial charge is 0.111 e. The molecule has 6 N–H and O–H groups in total. The van der Waals surface area contributed by atoms with Gasteiger partial charge in [0, 0.05) is 0 Å². The summed E-state index contributed by atoms with van der Waals surface area (Å²) in [6.07, 6.45) is -4.82. The van der Waals surface area contributed by atoms with Crippen LogP contribution in [0.1, 0.15) is 6.42 Å². The third-order valence-electron chi connectivity index (χ3n) is 2.44. The average molecular weight is 207 g/mol. The molecule has 1 rings (SSSR count). The van der Waals surface area contributed by atoms with Crippen molar-refractivity contribution in [2.24, 2.45) is 5.73 Å². The van der Waals surface area contributed by atoms with Crippen LogP contribution in [-0.2, 0) is 4.74 Å². The fourth-order valence-corrected chi connectivity index (χ4v) is 1.58. The minimum atomic E-state index is -1.29. The van der Waals surface area contributed by atoms with Gasteiger partial charge in [-0.1, -0.05) is 0 Å². The lowest BCUT2D eigenvalue weighted by Gasteiger charge is -2.40. The lowest BCUT2D eigenvalue weighted by atomic mass is 9.94. The summed E-state index contributed by atoms with van der Waals surface area (Å²) >= 11 is 0. The number of rotatable bonds is 3. The van der Waals surface area contributed by atoms with Gasteiger partial charge in [0.25, 0.3) is 0 Å². The fraction of sp³-hybridized carbons (Fsp3) is 1.00. The molecule has 0 amide bonds. The van der Waals surface area contributed by atoms with E-state index in [-0.39, 0.29) is 0 Å². The largest absolute Gasteiger partial charge is 0.394 e. The van der Waals surface area contributed by atoms with Crippen molar-refractivity contribution >= 4 is 0 Å². The lowest BCUT2D eigenvalue weighted by molar-refractivity contribution is -0.229. The van der Waals surface area contributed by atoms with Crippen molar-refractivity contribution in [3.05, 3.63) is 0 Å². The summed E-state index contributed by atoms with van der Waals surface area (Å²) in [5, 5.41) is 37.1. The second kappa shape index (κ2) is 5.01. The van der Waals surface area contributed by atoms with Crippen LogP contribution >= 0.6 is 0 Å². The summed E-state index contributed by atoms with van der Waals surface area (Å²) in [5.41, 5.74) is 5.29. The Morgan fingerprint density at radius 2 is 1.57 bits per heavy atom. The van der Waals surface area contributed by atoms with E-state index >= 15 is 0 Å². The van der Waals surface area contributed by atoms with Gasteiger partial charge < -0.3 is 30.9 Å². The summed E-state index contributed by atoms with van der Waals surface area (Å²) in [6.45, 7) is -0.0886. The first-order valence-corrected chi connectivity index (χ1v) is 4.62. The number of aliphatic hydroxyl groups excluding tert-OH is 4. The van der Waals surface area contributed by atoms with Gasteiger partial charge in [-0.3, -0.25) is 0 Å². The Balaban J connectivity index is 2.63. The quantitative estimate of drug-likeness (QED) is 0.341. The van der Waals surface area contributed by atoms with E-state index in [9.17, 15) is 15.3 Å². The zero-order valence-electron chi connectivity index (χ0n) is 7.78. The van der Waals surface area contributed by atoms with Crippen LogP contribution in [0.4, 0.5) is 0 Å². The Morgan fingerprint density at radius 3 is 2.07 bits per heavy atom. The summed E-state index contributed by atoms with van der Waals surface area (Å²) in [6, 6.07) is 0. The molecular formula is C8H17NO5. The molecule has 0 spiro atoms. The molecule has 1 saturated heterocycles. The monoisotopic (exact) mass is 207 g/mol. The summed E-state index contributed by atoms with van der Waals surface area (Å²) in [5.74, 6) is 0. The highest BCUT2D eigenvalue weighted by molar-refractivity contribution is 4.91. The molecule has 1 aliphatic heterocycles. The first-order chi connectivity index (χ1) is 6.61. The molecule has 0 aliphatic carbocycles. The van der Waals surface area contributed by atoms with Crippen LogP contribution < -0.4 is 5.73 Å². The predicted octanol–water partition coefficient (Wildman–Crippen LogP) is -2.82. The van der Waals surface area contributed by atoms with E-state index in [0.29, 0.717) is 13.0 Å². The SMILES string of the molecule is NCC[C@H]1O[C@H](CO)[C@@H](O)[C@H](O)[C@H]1O. The molecule has 1 heterocycles. The summed E-state index contributed by atoms with van der Waals surface area (Å²) < 4.78 is 5.18. The van der Waals surface area contributed by atoms with Gasteiger partial charge in [0.05, 0.1) is 12.7 Å². The maximum absolute atomic E-state index is 9.48. The van der Waals surface area contributed by atoms with Crippen molar-refractivity contribution in [1.29, 1.82) is 0 Å². The number of hydrogen-bond donors (Lipinski definition) is 5. The highest BCUT2D eigenvalue weighted by atomic mass is 16.5. The van der Waals surface area contributed by atoms with E-state index in [1.165, 1.54) is 0 Å². The van der Waals surface area contributed by atoms with Crippen molar-refractivity contribution in [2.75, 3.05) is 13.2 Å². The highest BCUT2D eigenvalue weighted by Gasteiger charge is 2.42. The molecule has 0 aromatic heterocycles. The van der Waals surface area contributed by atoms with Gasteiger partial charge in [-0.25, -0.2) is 0 Å². The average Bonchev–Trinajstić information content (AvgIpc) is 2.19. The zero-order chi connectivity index (χ0) is 10.7. The lowest BCUT2D eigenvalue weighted by Crippen LogP contribution is -2.58. The summed E-state index contributed by atoms with van der Waals surface area (Å²) in [4.78, 5) is 0. The van der Waals surface area contributed by atoms with Gasteiger partial charge >= 0.3 is 0 Å². The first kappa shape index (κ1) is 11.8. The van der Waals surface area contributed by atoms with Gasteiger partial charge in [0.15, 0.2) is 0 Å². The van der Waals surface area contributed by atoms with Crippen LogP contribution in [0.15, 0.2) is 0 Å². The van der Waals surface area contributed by atoms with Crippen molar-refractivity contribution in [3.63, 3.8) is 0 Å². The molecule has 0 bridgehead atoms. The fourth-order valence-electron chi connectivity index (χ4n) is 1.58. The van der Waals surface area contributed by atoms with Crippen LogP contribution in [0.2, 0.25) is 0 Å². The van der Waals surface area contributed by atoms with Crippen LogP contribution in [0, 0.1) is 0 Å². The maximum atomic E-state index is 9.48. The molecule has 0 aromatic carbocycles. The third-order valence-corrected chi connectivity index (χ3v) is 2.44. The van der Waals surface area contributed by atoms with Crippen LogP contribution in [0.5, 0.6) is 0 Å². The number of hydrogen-bond acceptors (Lipinski definition) is 6. The van der Waals surface area contributed by atoms with E-state index in [1.54, 1.807) is 0 Å². The Morgan fingerprint density at radius 1 is 1.00 bits per heavy atom. The zero-order valence-corrected chi connectivity index (χ0v) is 7.78. The number of nitrogens with two attached hydrogens (primary N) is 1. The Labute approximate surface area is 81.9 Å². The van der Waals surface area contributed by atoms with Crippen molar-refractivity contribution in [1.82, 2.24) is 0 Å².